The van der Waals surface area contributed by atoms with E-state index >= 15 is 4.39 Å². The summed E-state index contributed by atoms with van der Waals surface area (Å²) < 4.78 is 40.1. The van der Waals surface area contributed by atoms with Gasteiger partial charge in [0.1, 0.15) is 24.1 Å². The van der Waals surface area contributed by atoms with E-state index in [1.807, 2.05) is 6.92 Å². The molecule has 0 aliphatic carbocycles. The molecule has 0 spiro atoms. The molecule has 1 aromatic carbocycles. The lowest BCUT2D eigenvalue weighted by atomic mass is 9.88. The monoisotopic (exact) mass is 511 g/mol. The minimum Gasteiger partial charge on any atom is -0.481 e. The normalized spacial score (nSPS) is 19.6. The smallest absolute Gasteiger partial charge is 0.218 e. The molecule has 2 aliphatic heterocycles. The molecule has 0 amide bonds. The number of methoxy groups -OCH3 is 1. The second-order valence-corrected chi connectivity index (χ2v) is 10.1. The fourth-order valence-electron chi connectivity index (χ4n) is 5.68. The van der Waals surface area contributed by atoms with Gasteiger partial charge in [-0.2, -0.15) is 4.98 Å². The maximum Gasteiger partial charge on any atom is 0.218 e. The van der Waals surface area contributed by atoms with Crippen LogP contribution in [0.5, 0.6) is 5.88 Å². The number of halogens is 2. The highest BCUT2D eigenvalue weighted by Crippen LogP contribution is 2.38. The SMILES string of the molecule is COc1nc2ncnc(N[C@H](C)c3cccc(C(C)F)c3F)c2cc1C1CCN(C2CCOCC2)CC1. The lowest BCUT2D eigenvalue weighted by Gasteiger charge is -2.39. The predicted octanol–water partition coefficient (Wildman–Crippen LogP) is 5.73. The van der Waals surface area contributed by atoms with Gasteiger partial charge >= 0.3 is 0 Å². The number of likely N-dealkylation sites (tertiary alicyclic amines) is 1. The summed E-state index contributed by atoms with van der Waals surface area (Å²) in [6.45, 7) is 6.94. The van der Waals surface area contributed by atoms with Gasteiger partial charge < -0.3 is 19.7 Å². The molecule has 0 bridgehead atoms. The van der Waals surface area contributed by atoms with Crippen LogP contribution in [-0.4, -0.2) is 59.3 Å². The Morgan fingerprint density at radius 1 is 1.08 bits per heavy atom. The van der Waals surface area contributed by atoms with Gasteiger partial charge in [0.25, 0.3) is 0 Å². The predicted molar refractivity (Wildman–Crippen MR) is 139 cm³/mol. The van der Waals surface area contributed by atoms with Crippen LogP contribution in [-0.2, 0) is 4.74 Å². The zero-order valence-corrected chi connectivity index (χ0v) is 21.7. The molecular weight excluding hydrogens is 476 g/mol. The summed E-state index contributed by atoms with van der Waals surface area (Å²) >= 11 is 0. The van der Waals surface area contributed by atoms with E-state index in [-0.39, 0.29) is 5.56 Å². The van der Waals surface area contributed by atoms with Gasteiger partial charge in [0.05, 0.1) is 18.5 Å². The number of benzene rings is 1. The number of nitrogens with one attached hydrogen (secondary N) is 1. The van der Waals surface area contributed by atoms with Crippen LogP contribution in [0.3, 0.4) is 0 Å². The third kappa shape index (κ3) is 5.38. The number of hydrogen-bond donors (Lipinski definition) is 1. The van der Waals surface area contributed by atoms with Gasteiger partial charge in [0, 0.05) is 35.9 Å². The molecule has 1 unspecified atom stereocenters. The Morgan fingerprint density at radius 2 is 1.81 bits per heavy atom. The first-order valence-corrected chi connectivity index (χ1v) is 13.2. The molecule has 37 heavy (non-hydrogen) atoms. The third-order valence-electron chi connectivity index (χ3n) is 7.79. The molecular formula is C28H35F2N5O2. The summed E-state index contributed by atoms with van der Waals surface area (Å²) in [4.78, 5) is 16.1. The number of ether oxygens (including phenoxy) is 2. The average Bonchev–Trinajstić information content (AvgIpc) is 2.93. The fourth-order valence-corrected chi connectivity index (χ4v) is 5.68. The van der Waals surface area contributed by atoms with Crippen molar-refractivity contribution in [2.75, 3.05) is 38.7 Å². The quantitative estimate of drug-likeness (QED) is 0.434. The summed E-state index contributed by atoms with van der Waals surface area (Å²) in [6, 6.07) is 7.06. The highest BCUT2D eigenvalue weighted by molar-refractivity contribution is 5.87. The van der Waals surface area contributed by atoms with Crippen LogP contribution in [0.4, 0.5) is 14.6 Å². The number of hydrogen-bond acceptors (Lipinski definition) is 7. The van der Waals surface area contributed by atoms with Gasteiger partial charge in [-0.3, -0.25) is 0 Å². The zero-order chi connectivity index (χ0) is 25.9. The van der Waals surface area contributed by atoms with E-state index in [1.54, 1.807) is 19.2 Å². The van der Waals surface area contributed by atoms with Crippen LogP contribution in [0.15, 0.2) is 30.6 Å². The lowest BCUT2D eigenvalue weighted by molar-refractivity contribution is 0.0251. The Bertz CT molecular complexity index is 1230. The molecule has 2 atom stereocenters. The topological polar surface area (TPSA) is 72.4 Å². The van der Waals surface area contributed by atoms with Crippen LogP contribution in [0.1, 0.15) is 74.4 Å². The Kier molecular flexibility index (Phi) is 7.81. The molecule has 0 saturated carbocycles. The van der Waals surface area contributed by atoms with Crippen molar-refractivity contribution in [1.82, 2.24) is 19.9 Å². The van der Waals surface area contributed by atoms with Crippen molar-refractivity contribution in [2.45, 2.75) is 63.7 Å². The number of rotatable bonds is 7. The van der Waals surface area contributed by atoms with E-state index in [4.69, 9.17) is 14.5 Å². The second kappa shape index (κ2) is 11.2. The summed E-state index contributed by atoms with van der Waals surface area (Å²) in [7, 11) is 1.64. The van der Waals surface area contributed by atoms with Gasteiger partial charge in [-0.1, -0.05) is 18.2 Å². The van der Waals surface area contributed by atoms with E-state index < -0.39 is 18.0 Å². The van der Waals surface area contributed by atoms with Crippen molar-refractivity contribution in [1.29, 1.82) is 0 Å². The fraction of sp³-hybridized carbons (Fsp3) is 0.536. The molecule has 7 nitrogen and oxygen atoms in total. The minimum atomic E-state index is -1.39. The van der Waals surface area contributed by atoms with Crippen molar-refractivity contribution in [3.05, 3.63) is 53.1 Å². The van der Waals surface area contributed by atoms with Crippen molar-refractivity contribution >= 4 is 16.9 Å². The van der Waals surface area contributed by atoms with Crippen LogP contribution in [0, 0.1) is 5.82 Å². The molecule has 0 radical (unpaired) electrons. The summed E-state index contributed by atoms with van der Waals surface area (Å²) in [5.41, 5.74) is 2.00. The van der Waals surface area contributed by atoms with Crippen LogP contribution < -0.4 is 10.1 Å². The molecule has 3 aromatic rings. The number of alkyl halides is 1. The molecule has 2 aliphatic rings. The summed E-state index contributed by atoms with van der Waals surface area (Å²) in [6.07, 6.45) is 4.30. The maximum absolute atomic E-state index is 15.0. The Labute approximate surface area is 216 Å². The van der Waals surface area contributed by atoms with Crippen LogP contribution in [0.2, 0.25) is 0 Å². The molecule has 1 N–H and O–H groups in total. The first-order chi connectivity index (χ1) is 18.0. The van der Waals surface area contributed by atoms with Gasteiger partial charge in [0.2, 0.25) is 5.88 Å². The number of anilines is 1. The third-order valence-corrected chi connectivity index (χ3v) is 7.79. The standard InChI is InChI=1S/C28H35F2N5O2/c1-17(29)21-5-4-6-22(25(21)30)18(2)33-26-24-15-23(28(36-3)34-27(24)32-16-31-26)19-7-11-35(12-8-19)20-9-13-37-14-10-20/h4-6,15-20H,7-14H2,1-3H3,(H,31,32,33,34)/t17?,18-/m1/s1. The maximum atomic E-state index is 15.0. The van der Waals surface area contributed by atoms with Gasteiger partial charge in [-0.15, -0.1) is 0 Å². The van der Waals surface area contributed by atoms with Crippen molar-refractivity contribution < 1.29 is 18.3 Å². The number of fused-ring (bicyclic) bond motifs is 1. The van der Waals surface area contributed by atoms with E-state index in [0.717, 1.165) is 62.9 Å². The number of piperidine rings is 1. The second-order valence-electron chi connectivity index (χ2n) is 10.1. The van der Waals surface area contributed by atoms with E-state index in [0.29, 0.717) is 34.9 Å². The molecule has 5 rings (SSSR count). The number of aromatic nitrogens is 3. The number of nitrogens with zero attached hydrogens (tertiary/aromatic N) is 4. The Morgan fingerprint density at radius 3 is 2.51 bits per heavy atom. The zero-order valence-electron chi connectivity index (χ0n) is 21.7. The Balaban J connectivity index is 1.40. The minimum absolute atomic E-state index is 0.0551. The van der Waals surface area contributed by atoms with E-state index in [1.165, 1.54) is 19.3 Å². The van der Waals surface area contributed by atoms with Gasteiger partial charge in [0.15, 0.2) is 5.65 Å². The van der Waals surface area contributed by atoms with Crippen LogP contribution >= 0.6 is 0 Å². The van der Waals surface area contributed by atoms with Gasteiger partial charge in [-0.25, -0.2) is 18.7 Å². The molecule has 2 aromatic heterocycles. The molecule has 2 saturated heterocycles. The molecule has 2 fully saturated rings. The van der Waals surface area contributed by atoms with E-state index in [2.05, 4.69) is 26.3 Å². The first kappa shape index (κ1) is 25.7. The highest BCUT2D eigenvalue weighted by atomic mass is 19.1. The van der Waals surface area contributed by atoms with E-state index in [9.17, 15) is 4.39 Å². The summed E-state index contributed by atoms with van der Waals surface area (Å²) in [5.74, 6) is 0.929. The highest BCUT2D eigenvalue weighted by Gasteiger charge is 2.29. The number of pyridine rings is 1. The molecule has 198 valence electrons. The largest absolute Gasteiger partial charge is 0.481 e. The van der Waals surface area contributed by atoms with Crippen molar-refractivity contribution in [2.24, 2.45) is 0 Å². The average molecular weight is 512 g/mol. The van der Waals surface area contributed by atoms with Gasteiger partial charge in [-0.05, 0) is 64.6 Å². The van der Waals surface area contributed by atoms with Crippen molar-refractivity contribution in [3.8, 4) is 5.88 Å². The van der Waals surface area contributed by atoms with Crippen molar-refractivity contribution in [3.63, 3.8) is 0 Å². The Hall–Kier alpha value is -2.91. The first-order valence-electron chi connectivity index (χ1n) is 13.2. The van der Waals surface area contributed by atoms with Crippen LogP contribution in [0.25, 0.3) is 11.0 Å². The molecule has 4 heterocycles. The summed E-state index contributed by atoms with van der Waals surface area (Å²) in [5, 5.41) is 4.07. The lowest BCUT2D eigenvalue weighted by Crippen LogP contribution is -2.43. The molecule has 9 heteroatoms.